The van der Waals surface area contributed by atoms with Crippen LogP contribution in [0.2, 0.25) is 0 Å². The number of amides is 1. The molecule has 0 saturated carbocycles. The molecule has 1 N–H and O–H groups in total. The molecule has 3 aromatic rings. The maximum absolute atomic E-state index is 13.2. The molecule has 1 aromatic heterocycles. The Hall–Kier alpha value is -3.04. The van der Waals surface area contributed by atoms with Gasteiger partial charge in [-0.2, -0.15) is 0 Å². The van der Waals surface area contributed by atoms with Crippen LogP contribution in [0.25, 0.3) is 10.9 Å². The first-order chi connectivity index (χ1) is 17.6. The van der Waals surface area contributed by atoms with Crippen LogP contribution in [0.5, 0.6) is 11.5 Å². The smallest absolute Gasteiger partial charge is 0.262 e. The van der Waals surface area contributed by atoms with Gasteiger partial charge in [-0.25, -0.2) is 4.98 Å². The summed E-state index contributed by atoms with van der Waals surface area (Å²) in [4.78, 5) is 30.5. The maximum atomic E-state index is 13.2. The van der Waals surface area contributed by atoms with Crippen LogP contribution in [0.4, 0.5) is 0 Å². The Kier molecular flexibility index (Phi) is 9.24. The molecule has 0 spiro atoms. The van der Waals surface area contributed by atoms with Crippen molar-refractivity contribution < 1.29 is 19.0 Å². The fourth-order valence-electron chi connectivity index (χ4n) is 4.19. The molecule has 0 radical (unpaired) electrons. The lowest BCUT2D eigenvalue weighted by molar-refractivity contribution is -0.118. The molecule has 1 atom stereocenters. The average molecular weight is 512 g/mol. The van der Waals surface area contributed by atoms with E-state index in [0.29, 0.717) is 61.1 Å². The Balaban J connectivity index is 1.37. The summed E-state index contributed by atoms with van der Waals surface area (Å²) in [6.45, 7) is 6.65. The largest absolute Gasteiger partial charge is 0.490 e. The van der Waals surface area contributed by atoms with E-state index in [4.69, 9.17) is 19.2 Å². The Morgan fingerprint density at radius 3 is 2.75 bits per heavy atom. The highest BCUT2D eigenvalue weighted by Crippen LogP contribution is 2.28. The van der Waals surface area contributed by atoms with Gasteiger partial charge < -0.3 is 19.5 Å². The zero-order valence-electron chi connectivity index (χ0n) is 20.8. The summed E-state index contributed by atoms with van der Waals surface area (Å²) >= 11 is 1.28. The van der Waals surface area contributed by atoms with Gasteiger partial charge in [0.15, 0.2) is 16.7 Å². The van der Waals surface area contributed by atoms with E-state index in [0.717, 1.165) is 24.2 Å². The number of ether oxygens (including phenoxy) is 3. The molecule has 1 saturated heterocycles. The second kappa shape index (κ2) is 12.8. The van der Waals surface area contributed by atoms with E-state index in [1.165, 1.54) is 11.8 Å². The first-order valence-corrected chi connectivity index (χ1v) is 13.5. The molecule has 1 fully saturated rings. The van der Waals surface area contributed by atoms with Gasteiger partial charge in [0, 0.05) is 13.2 Å². The van der Waals surface area contributed by atoms with Crippen LogP contribution in [0.15, 0.2) is 52.4 Å². The van der Waals surface area contributed by atoms with Crippen LogP contribution >= 0.6 is 11.8 Å². The Bertz CT molecular complexity index is 1240. The molecule has 1 aliphatic rings. The van der Waals surface area contributed by atoms with Crippen LogP contribution in [0.3, 0.4) is 0 Å². The summed E-state index contributed by atoms with van der Waals surface area (Å²) in [7, 11) is 0. The molecular formula is C27H33N3O5S. The van der Waals surface area contributed by atoms with Crippen molar-refractivity contribution in [3.05, 3.63) is 58.4 Å². The lowest BCUT2D eigenvalue weighted by Crippen LogP contribution is -2.30. The molecule has 1 unspecified atom stereocenters. The number of fused-ring (bicyclic) bond motifs is 1. The third kappa shape index (κ3) is 6.59. The minimum absolute atomic E-state index is 0.00506. The molecule has 9 heteroatoms. The third-order valence-corrected chi connectivity index (χ3v) is 6.89. The van der Waals surface area contributed by atoms with Crippen molar-refractivity contribution in [1.29, 1.82) is 0 Å². The number of hydrogen-bond donors (Lipinski definition) is 1. The fourth-order valence-corrected chi connectivity index (χ4v) is 5.03. The number of hydrogen-bond acceptors (Lipinski definition) is 7. The highest BCUT2D eigenvalue weighted by atomic mass is 32.2. The first-order valence-electron chi connectivity index (χ1n) is 12.5. The molecule has 2 aromatic carbocycles. The molecule has 0 bridgehead atoms. The molecule has 4 rings (SSSR count). The van der Waals surface area contributed by atoms with E-state index < -0.39 is 0 Å². The summed E-state index contributed by atoms with van der Waals surface area (Å²) < 4.78 is 18.7. The predicted octanol–water partition coefficient (Wildman–Crippen LogP) is 3.82. The van der Waals surface area contributed by atoms with Crippen molar-refractivity contribution in [2.75, 3.05) is 32.1 Å². The number of thioether (sulfide) groups is 1. The van der Waals surface area contributed by atoms with Crippen molar-refractivity contribution in [3.63, 3.8) is 0 Å². The lowest BCUT2D eigenvalue weighted by atomic mass is 10.1. The number of para-hydroxylation sites is 1. The number of nitrogens with one attached hydrogen (secondary N) is 1. The Morgan fingerprint density at radius 1 is 1.17 bits per heavy atom. The van der Waals surface area contributed by atoms with Gasteiger partial charge in [-0.15, -0.1) is 0 Å². The second-order valence-electron chi connectivity index (χ2n) is 8.50. The second-order valence-corrected chi connectivity index (χ2v) is 9.44. The zero-order valence-corrected chi connectivity index (χ0v) is 21.6. The Labute approximate surface area is 215 Å². The topological polar surface area (TPSA) is 91.7 Å². The highest BCUT2D eigenvalue weighted by Gasteiger charge is 2.20. The number of carbonyl (C=O) groups excluding carboxylic acids is 1. The van der Waals surface area contributed by atoms with E-state index in [-0.39, 0.29) is 23.3 Å². The van der Waals surface area contributed by atoms with Crippen LogP contribution < -0.4 is 20.3 Å². The maximum Gasteiger partial charge on any atom is 0.262 e. The van der Waals surface area contributed by atoms with Crippen molar-refractivity contribution in [2.45, 2.75) is 50.9 Å². The summed E-state index contributed by atoms with van der Waals surface area (Å²) in [6, 6.07) is 13.2. The van der Waals surface area contributed by atoms with Crippen LogP contribution in [0.1, 0.15) is 32.3 Å². The van der Waals surface area contributed by atoms with Gasteiger partial charge in [-0.05, 0) is 62.9 Å². The summed E-state index contributed by atoms with van der Waals surface area (Å²) in [5, 5.41) is 4.08. The lowest BCUT2D eigenvalue weighted by Gasteiger charge is -2.16. The number of nitrogens with zero attached hydrogens (tertiary/aromatic N) is 2. The summed E-state index contributed by atoms with van der Waals surface area (Å²) in [6.07, 6.45) is 2.57. The van der Waals surface area contributed by atoms with Gasteiger partial charge >= 0.3 is 0 Å². The minimum atomic E-state index is -0.109. The van der Waals surface area contributed by atoms with Crippen molar-refractivity contribution in [2.24, 2.45) is 0 Å². The van der Waals surface area contributed by atoms with Crippen LogP contribution in [0, 0.1) is 0 Å². The molecule has 192 valence electrons. The molecule has 8 nitrogen and oxygen atoms in total. The fraction of sp³-hybridized carbons (Fsp3) is 0.444. The standard InChI is InChI=1S/C27H33N3O5S/c1-3-33-23-12-11-19(16-24(23)34-4-2)13-14-28-25(31)18-36-27-29-22-10-6-5-9-21(22)26(32)30(27)17-20-8-7-15-35-20/h5-6,9-12,16,20H,3-4,7-8,13-15,17-18H2,1-2H3,(H,28,31). The van der Waals surface area contributed by atoms with E-state index in [9.17, 15) is 9.59 Å². The van der Waals surface area contributed by atoms with Crippen molar-refractivity contribution >= 4 is 28.6 Å². The molecular weight excluding hydrogens is 478 g/mol. The SMILES string of the molecule is CCOc1ccc(CCNC(=O)CSc2nc3ccccc3c(=O)n2CC2CCCO2)cc1OCC. The first kappa shape index (κ1) is 26.0. The average Bonchev–Trinajstić information content (AvgIpc) is 3.40. The summed E-state index contributed by atoms with van der Waals surface area (Å²) in [5.74, 6) is 1.50. The Morgan fingerprint density at radius 2 is 1.97 bits per heavy atom. The third-order valence-electron chi connectivity index (χ3n) is 5.91. The predicted molar refractivity (Wildman–Crippen MR) is 141 cm³/mol. The molecule has 36 heavy (non-hydrogen) atoms. The van der Waals surface area contributed by atoms with Gasteiger partial charge in [0.25, 0.3) is 5.56 Å². The molecule has 0 aliphatic carbocycles. The van der Waals surface area contributed by atoms with Gasteiger partial charge in [-0.1, -0.05) is 30.0 Å². The highest BCUT2D eigenvalue weighted by molar-refractivity contribution is 7.99. The van der Waals surface area contributed by atoms with Crippen molar-refractivity contribution in [1.82, 2.24) is 14.9 Å². The quantitative estimate of drug-likeness (QED) is 0.292. The molecule has 1 amide bonds. The number of rotatable bonds is 12. The van der Waals surface area contributed by atoms with Crippen LogP contribution in [-0.2, 0) is 22.5 Å². The van der Waals surface area contributed by atoms with Gasteiger partial charge in [0.2, 0.25) is 5.91 Å². The van der Waals surface area contributed by atoms with E-state index in [1.54, 1.807) is 10.6 Å². The van der Waals surface area contributed by atoms with E-state index in [1.807, 2.05) is 50.2 Å². The summed E-state index contributed by atoms with van der Waals surface area (Å²) in [5.41, 5.74) is 1.59. The number of benzene rings is 2. The molecule has 1 aliphatic heterocycles. The minimum Gasteiger partial charge on any atom is -0.490 e. The van der Waals surface area contributed by atoms with Gasteiger partial charge in [-0.3, -0.25) is 14.2 Å². The zero-order chi connectivity index (χ0) is 25.3. The van der Waals surface area contributed by atoms with Gasteiger partial charge in [0.05, 0.1) is 42.5 Å². The van der Waals surface area contributed by atoms with E-state index >= 15 is 0 Å². The van der Waals surface area contributed by atoms with Crippen LogP contribution in [-0.4, -0.2) is 53.7 Å². The van der Waals surface area contributed by atoms with Gasteiger partial charge in [0.1, 0.15) is 0 Å². The molecule has 2 heterocycles. The normalized spacial score (nSPS) is 15.2. The van der Waals surface area contributed by atoms with Crippen molar-refractivity contribution in [3.8, 4) is 11.5 Å². The monoisotopic (exact) mass is 511 g/mol. The van der Waals surface area contributed by atoms with E-state index in [2.05, 4.69) is 5.32 Å². The number of aromatic nitrogens is 2. The number of carbonyl (C=O) groups is 1.